The fourth-order valence-electron chi connectivity index (χ4n) is 2.54. The number of carbonyl (C=O) groups excluding carboxylic acids is 1. The number of amides is 1. The molecule has 1 aliphatic heterocycles. The van der Waals surface area contributed by atoms with E-state index in [2.05, 4.69) is 16.5 Å². The predicted octanol–water partition coefficient (Wildman–Crippen LogP) is 1.90. The molecule has 2 aromatic rings. The summed E-state index contributed by atoms with van der Waals surface area (Å²) in [5.41, 5.74) is 2.93. The van der Waals surface area contributed by atoms with Crippen molar-refractivity contribution in [3.05, 3.63) is 53.3 Å². The number of rotatable bonds is 4. The monoisotopic (exact) mass is 312 g/mol. The molecule has 0 saturated heterocycles. The van der Waals surface area contributed by atoms with Crippen molar-refractivity contribution < 1.29 is 4.79 Å². The molecule has 0 spiro atoms. The van der Waals surface area contributed by atoms with Crippen LogP contribution in [0, 0.1) is 11.3 Å². The molecule has 0 aliphatic carbocycles. The maximum absolute atomic E-state index is 12.4. The smallest absolute Gasteiger partial charge is 0.237 e. The molecular weight excluding hydrogens is 296 g/mol. The molecular formula is C16H16N4OS. The number of aryl methyl sites for hydroxylation is 1. The Bertz CT molecular complexity index is 719. The summed E-state index contributed by atoms with van der Waals surface area (Å²) in [6, 6.07) is 10.2. The summed E-state index contributed by atoms with van der Waals surface area (Å²) in [5, 5.41) is 15.7. The number of benzene rings is 1. The molecule has 22 heavy (non-hydrogen) atoms. The van der Waals surface area contributed by atoms with Gasteiger partial charge in [-0.2, -0.15) is 10.4 Å². The lowest BCUT2D eigenvalue weighted by Gasteiger charge is -2.24. The van der Waals surface area contributed by atoms with Crippen LogP contribution in [0.2, 0.25) is 0 Å². The van der Waals surface area contributed by atoms with E-state index in [9.17, 15) is 4.79 Å². The van der Waals surface area contributed by atoms with E-state index in [1.54, 1.807) is 22.6 Å². The normalized spacial score (nSPS) is 16.6. The highest BCUT2D eigenvalue weighted by Crippen LogP contribution is 2.36. The largest absolute Gasteiger partial charge is 0.353 e. The quantitative estimate of drug-likeness (QED) is 0.936. The molecule has 5 nitrogen and oxygen atoms in total. The highest BCUT2D eigenvalue weighted by molar-refractivity contribution is 8.00. The number of aromatic nitrogens is 2. The summed E-state index contributed by atoms with van der Waals surface area (Å²) in [6.07, 6.45) is 4.22. The van der Waals surface area contributed by atoms with Crippen LogP contribution in [0.4, 0.5) is 0 Å². The fourth-order valence-corrected chi connectivity index (χ4v) is 3.76. The molecule has 1 N–H and O–H groups in total. The van der Waals surface area contributed by atoms with E-state index in [1.807, 2.05) is 24.3 Å². The van der Waals surface area contributed by atoms with Crippen molar-refractivity contribution in [2.45, 2.75) is 18.2 Å². The van der Waals surface area contributed by atoms with E-state index in [1.165, 1.54) is 11.8 Å². The molecule has 112 valence electrons. The summed E-state index contributed by atoms with van der Waals surface area (Å²) < 4.78 is 1.67. The molecule has 0 bridgehead atoms. The first-order valence-electron chi connectivity index (χ1n) is 7.17. The minimum Gasteiger partial charge on any atom is -0.353 e. The molecule has 0 radical (unpaired) electrons. The van der Waals surface area contributed by atoms with Crippen LogP contribution >= 0.6 is 11.8 Å². The lowest BCUT2D eigenvalue weighted by atomic mass is 10.0. The summed E-state index contributed by atoms with van der Waals surface area (Å²) in [5.74, 6) is 1.02. The van der Waals surface area contributed by atoms with Crippen LogP contribution in [0.3, 0.4) is 0 Å². The SMILES string of the molecule is N#Cc1cnn(CCNC(=O)[C@@H]2SCCc3ccccc32)c1. The molecule has 0 saturated carbocycles. The summed E-state index contributed by atoms with van der Waals surface area (Å²) in [4.78, 5) is 12.4. The van der Waals surface area contributed by atoms with Crippen molar-refractivity contribution in [2.75, 3.05) is 12.3 Å². The van der Waals surface area contributed by atoms with Crippen LogP contribution in [0.5, 0.6) is 0 Å². The van der Waals surface area contributed by atoms with Crippen molar-refractivity contribution >= 4 is 17.7 Å². The molecule has 2 heterocycles. The first-order chi connectivity index (χ1) is 10.8. The first-order valence-corrected chi connectivity index (χ1v) is 8.22. The molecule has 1 amide bonds. The summed E-state index contributed by atoms with van der Waals surface area (Å²) in [7, 11) is 0. The van der Waals surface area contributed by atoms with Gasteiger partial charge in [-0.25, -0.2) is 0 Å². The molecule has 6 heteroatoms. The van der Waals surface area contributed by atoms with Gasteiger partial charge in [-0.3, -0.25) is 9.48 Å². The highest BCUT2D eigenvalue weighted by Gasteiger charge is 2.26. The van der Waals surface area contributed by atoms with Gasteiger partial charge in [0.15, 0.2) is 0 Å². The Kier molecular flexibility index (Phi) is 4.45. The Morgan fingerprint density at radius 3 is 3.18 bits per heavy atom. The van der Waals surface area contributed by atoms with Gasteiger partial charge in [-0.1, -0.05) is 24.3 Å². The number of thioether (sulfide) groups is 1. The van der Waals surface area contributed by atoms with Crippen LogP contribution in [0.1, 0.15) is 21.9 Å². The zero-order valence-electron chi connectivity index (χ0n) is 12.0. The Morgan fingerprint density at radius 1 is 1.50 bits per heavy atom. The van der Waals surface area contributed by atoms with E-state index in [4.69, 9.17) is 5.26 Å². The van der Waals surface area contributed by atoms with Crippen molar-refractivity contribution in [2.24, 2.45) is 0 Å². The second-order valence-corrected chi connectivity index (χ2v) is 6.31. The zero-order chi connectivity index (χ0) is 15.4. The predicted molar refractivity (Wildman–Crippen MR) is 85.3 cm³/mol. The standard InChI is InChI=1S/C16H16N4OS/c17-9-12-10-19-20(11-12)7-6-18-16(21)15-14-4-2-1-3-13(14)5-8-22-15/h1-4,10-11,15H,5-8H2,(H,18,21)/t15-/m1/s1. The van der Waals surface area contributed by atoms with Crippen LogP contribution in [0.25, 0.3) is 0 Å². The Labute approximate surface area is 133 Å². The van der Waals surface area contributed by atoms with Crippen molar-refractivity contribution in [3.63, 3.8) is 0 Å². The summed E-state index contributed by atoms with van der Waals surface area (Å²) >= 11 is 1.69. The summed E-state index contributed by atoms with van der Waals surface area (Å²) in [6.45, 7) is 1.07. The third-order valence-corrected chi connectivity index (χ3v) is 4.88. The third kappa shape index (κ3) is 3.15. The number of nitrogens with zero attached hydrogens (tertiary/aromatic N) is 3. The Hall–Kier alpha value is -2.26. The van der Waals surface area contributed by atoms with Gasteiger partial charge in [0.2, 0.25) is 5.91 Å². The average Bonchev–Trinajstić information content (AvgIpc) is 3.02. The van der Waals surface area contributed by atoms with E-state index >= 15 is 0 Å². The van der Waals surface area contributed by atoms with Gasteiger partial charge in [0.1, 0.15) is 11.3 Å². The van der Waals surface area contributed by atoms with Crippen LogP contribution in [-0.2, 0) is 17.8 Å². The average molecular weight is 312 g/mol. The van der Waals surface area contributed by atoms with Gasteiger partial charge in [0.25, 0.3) is 0 Å². The molecule has 0 fully saturated rings. The second-order valence-electron chi connectivity index (χ2n) is 5.09. The van der Waals surface area contributed by atoms with E-state index in [0.717, 1.165) is 17.7 Å². The molecule has 1 aliphatic rings. The number of hydrogen-bond donors (Lipinski definition) is 1. The molecule has 3 rings (SSSR count). The fraction of sp³-hybridized carbons (Fsp3) is 0.312. The molecule has 1 aromatic heterocycles. The van der Waals surface area contributed by atoms with Gasteiger partial charge in [-0.15, -0.1) is 11.8 Å². The minimum absolute atomic E-state index is 0.0461. The van der Waals surface area contributed by atoms with Crippen molar-refractivity contribution in [1.29, 1.82) is 5.26 Å². The van der Waals surface area contributed by atoms with E-state index in [-0.39, 0.29) is 11.2 Å². The van der Waals surface area contributed by atoms with Gasteiger partial charge in [-0.05, 0) is 23.3 Å². The van der Waals surface area contributed by atoms with E-state index < -0.39 is 0 Å². The van der Waals surface area contributed by atoms with Crippen LogP contribution in [-0.4, -0.2) is 28.0 Å². The third-order valence-electron chi connectivity index (χ3n) is 3.63. The van der Waals surface area contributed by atoms with Crippen LogP contribution < -0.4 is 5.32 Å². The number of nitrogens with one attached hydrogen (secondary N) is 1. The highest BCUT2D eigenvalue weighted by atomic mass is 32.2. The van der Waals surface area contributed by atoms with E-state index in [0.29, 0.717) is 18.7 Å². The first kappa shape index (κ1) is 14.7. The maximum atomic E-state index is 12.4. The number of hydrogen-bond acceptors (Lipinski definition) is 4. The zero-order valence-corrected chi connectivity index (χ0v) is 12.8. The number of fused-ring (bicyclic) bond motifs is 1. The van der Waals surface area contributed by atoms with Crippen molar-refractivity contribution in [1.82, 2.24) is 15.1 Å². The molecule has 0 unspecified atom stereocenters. The number of nitriles is 1. The lowest BCUT2D eigenvalue weighted by molar-refractivity contribution is -0.120. The minimum atomic E-state index is -0.128. The second kappa shape index (κ2) is 6.67. The maximum Gasteiger partial charge on any atom is 0.237 e. The topological polar surface area (TPSA) is 70.7 Å². The number of carbonyl (C=O) groups is 1. The molecule has 1 atom stereocenters. The van der Waals surface area contributed by atoms with Gasteiger partial charge in [0.05, 0.1) is 18.3 Å². The Morgan fingerprint density at radius 2 is 2.36 bits per heavy atom. The lowest BCUT2D eigenvalue weighted by Crippen LogP contribution is -2.32. The Balaban J connectivity index is 1.58. The molecule has 1 aromatic carbocycles. The van der Waals surface area contributed by atoms with Crippen molar-refractivity contribution in [3.8, 4) is 6.07 Å². The van der Waals surface area contributed by atoms with Gasteiger partial charge < -0.3 is 5.32 Å². The van der Waals surface area contributed by atoms with Gasteiger partial charge >= 0.3 is 0 Å². The van der Waals surface area contributed by atoms with Crippen LogP contribution in [0.15, 0.2) is 36.7 Å². The van der Waals surface area contributed by atoms with Gasteiger partial charge in [0, 0.05) is 12.7 Å².